The molecule has 0 saturated carbocycles. The summed E-state index contributed by atoms with van der Waals surface area (Å²) in [6, 6.07) is 0. The first-order valence-corrected chi connectivity index (χ1v) is 12.8. The van der Waals surface area contributed by atoms with Gasteiger partial charge in [-0.3, -0.25) is 14.1 Å². The number of ether oxygens (including phenoxy) is 2. The molecule has 0 heterocycles. The SMILES string of the molecule is CCC(CC)CCC(C)OC(=O)CC(C(=O)OC(C)CCC(CC)CC)S(=O)(=O)O.N. The molecule has 0 aliphatic carbocycles. The molecule has 186 valence electrons. The van der Waals surface area contributed by atoms with Crippen LogP contribution in [0.25, 0.3) is 0 Å². The molecular formula is C22H45NO7S. The van der Waals surface area contributed by atoms with E-state index in [2.05, 4.69) is 27.7 Å². The van der Waals surface area contributed by atoms with Gasteiger partial charge in [0, 0.05) is 0 Å². The van der Waals surface area contributed by atoms with Gasteiger partial charge in [0.05, 0.1) is 18.6 Å². The van der Waals surface area contributed by atoms with Crippen molar-refractivity contribution < 1.29 is 32.0 Å². The van der Waals surface area contributed by atoms with Gasteiger partial charge >= 0.3 is 11.9 Å². The highest BCUT2D eigenvalue weighted by molar-refractivity contribution is 7.87. The van der Waals surface area contributed by atoms with Crippen molar-refractivity contribution >= 4 is 22.1 Å². The van der Waals surface area contributed by atoms with Gasteiger partial charge in [-0.1, -0.05) is 53.4 Å². The molecule has 0 bridgehead atoms. The molecule has 0 aromatic heterocycles. The number of carbonyl (C=O) groups excluding carboxylic acids is 2. The highest BCUT2D eigenvalue weighted by atomic mass is 32.2. The third kappa shape index (κ3) is 13.7. The van der Waals surface area contributed by atoms with E-state index in [1.54, 1.807) is 13.8 Å². The lowest BCUT2D eigenvalue weighted by atomic mass is 9.96. The van der Waals surface area contributed by atoms with Crippen LogP contribution < -0.4 is 6.15 Å². The number of carbonyl (C=O) groups is 2. The second kappa shape index (κ2) is 16.4. The normalized spacial score (nSPS) is 14.6. The standard InChI is InChI=1S/C22H42O7S.H3N/c1-7-18(8-2)13-11-16(5)28-21(23)15-20(30(25,26)27)22(24)29-17(6)12-14-19(9-3)10-4;/h16-20H,7-15H2,1-6H3,(H,25,26,27);1H3. The topological polar surface area (TPSA) is 142 Å². The Morgan fingerprint density at radius 2 is 1.16 bits per heavy atom. The molecule has 3 atom stereocenters. The summed E-state index contributed by atoms with van der Waals surface area (Å²) in [7, 11) is -4.79. The van der Waals surface area contributed by atoms with E-state index in [1.807, 2.05) is 0 Å². The third-order valence-electron chi connectivity index (χ3n) is 5.90. The maximum Gasteiger partial charge on any atom is 0.327 e. The van der Waals surface area contributed by atoms with Gasteiger partial charge in [-0.25, -0.2) is 0 Å². The highest BCUT2D eigenvalue weighted by Crippen LogP contribution is 2.20. The molecule has 0 aromatic carbocycles. The lowest BCUT2D eigenvalue weighted by Crippen LogP contribution is -2.36. The number of hydrogen-bond acceptors (Lipinski definition) is 7. The van der Waals surface area contributed by atoms with E-state index >= 15 is 0 Å². The minimum atomic E-state index is -4.79. The molecule has 31 heavy (non-hydrogen) atoms. The van der Waals surface area contributed by atoms with Crippen molar-refractivity contribution in [2.75, 3.05) is 0 Å². The maximum absolute atomic E-state index is 12.3. The van der Waals surface area contributed by atoms with Gasteiger partial charge in [0.2, 0.25) is 0 Å². The summed E-state index contributed by atoms with van der Waals surface area (Å²) < 4.78 is 43.3. The van der Waals surface area contributed by atoms with Gasteiger partial charge in [0.1, 0.15) is 0 Å². The predicted molar refractivity (Wildman–Crippen MR) is 123 cm³/mol. The Kier molecular flexibility index (Phi) is 17.0. The quantitative estimate of drug-likeness (QED) is 0.236. The summed E-state index contributed by atoms with van der Waals surface area (Å²) in [4.78, 5) is 24.5. The van der Waals surface area contributed by atoms with Crippen LogP contribution in [0, 0.1) is 11.8 Å². The summed E-state index contributed by atoms with van der Waals surface area (Å²) in [6.07, 6.45) is 5.48. The summed E-state index contributed by atoms with van der Waals surface area (Å²) in [6.45, 7) is 11.8. The Morgan fingerprint density at radius 3 is 1.52 bits per heavy atom. The Bertz CT molecular complexity index is 601. The first kappa shape index (κ1) is 32.0. The van der Waals surface area contributed by atoms with E-state index in [0.29, 0.717) is 24.7 Å². The molecule has 0 aromatic rings. The van der Waals surface area contributed by atoms with Gasteiger partial charge in [0.25, 0.3) is 10.1 Å². The fraction of sp³-hybridized carbons (Fsp3) is 0.909. The van der Waals surface area contributed by atoms with Gasteiger partial charge in [-0.05, 0) is 51.4 Å². The molecule has 4 N–H and O–H groups in total. The molecule has 0 saturated heterocycles. The van der Waals surface area contributed by atoms with Gasteiger partial charge in [-0.15, -0.1) is 0 Å². The van der Waals surface area contributed by atoms with Crippen molar-refractivity contribution in [2.24, 2.45) is 11.8 Å². The largest absolute Gasteiger partial charge is 0.463 e. The summed E-state index contributed by atoms with van der Waals surface area (Å²) >= 11 is 0. The van der Waals surface area contributed by atoms with Crippen LogP contribution in [0.2, 0.25) is 0 Å². The van der Waals surface area contributed by atoms with Crippen LogP contribution >= 0.6 is 0 Å². The predicted octanol–water partition coefficient (Wildman–Crippen LogP) is 5.09. The van der Waals surface area contributed by atoms with E-state index in [1.165, 1.54) is 0 Å². The van der Waals surface area contributed by atoms with E-state index in [-0.39, 0.29) is 6.15 Å². The maximum atomic E-state index is 12.3. The number of rotatable bonds is 16. The fourth-order valence-corrected chi connectivity index (χ4v) is 4.11. The summed E-state index contributed by atoms with van der Waals surface area (Å²) in [5.41, 5.74) is 0. The molecule has 0 aliphatic rings. The Morgan fingerprint density at radius 1 is 0.774 bits per heavy atom. The molecule has 8 nitrogen and oxygen atoms in total. The summed E-state index contributed by atoms with van der Waals surface area (Å²) in [5.74, 6) is -0.888. The third-order valence-corrected chi connectivity index (χ3v) is 6.97. The second-order valence-electron chi connectivity index (χ2n) is 8.28. The van der Waals surface area contributed by atoms with Gasteiger partial charge in [-0.2, -0.15) is 8.42 Å². The molecule has 0 radical (unpaired) electrons. The molecule has 3 unspecified atom stereocenters. The lowest BCUT2D eigenvalue weighted by molar-refractivity contribution is -0.155. The highest BCUT2D eigenvalue weighted by Gasteiger charge is 2.36. The molecule has 0 amide bonds. The molecular weight excluding hydrogens is 422 g/mol. The molecule has 0 aliphatic heterocycles. The molecule has 9 heteroatoms. The van der Waals surface area contributed by atoms with Crippen LogP contribution in [0.15, 0.2) is 0 Å². The summed E-state index contributed by atoms with van der Waals surface area (Å²) in [5, 5.41) is -1.97. The van der Waals surface area contributed by atoms with Crippen LogP contribution in [-0.2, 0) is 29.2 Å². The smallest absolute Gasteiger partial charge is 0.327 e. The van der Waals surface area contributed by atoms with Crippen LogP contribution in [0.3, 0.4) is 0 Å². The number of esters is 2. The van der Waals surface area contributed by atoms with E-state index < -0.39 is 45.9 Å². The zero-order valence-electron chi connectivity index (χ0n) is 20.3. The lowest BCUT2D eigenvalue weighted by Gasteiger charge is -2.20. The van der Waals surface area contributed by atoms with Crippen LogP contribution in [0.5, 0.6) is 0 Å². The Balaban J connectivity index is 0. The van der Waals surface area contributed by atoms with E-state index in [0.717, 1.165) is 38.5 Å². The van der Waals surface area contributed by atoms with Crippen LogP contribution in [0.1, 0.15) is 99.3 Å². The molecule has 0 rings (SSSR count). The second-order valence-corrected chi connectivity index (χ2v) is 9.87. The Hall–Kier alpha value is -1.19. The average Bonchev–Trinajstić information content (AvgIpc) is 2.66. The molecule has 0 fully saturated rings. The zero-order valence-corrected chi connectivity index (χ0v) is 21.1. The Labute approximate surface area is 189 Å². The van der Waals surface area contributed by atoms with Crippen molar-refractivity contribution in [2.45, 2.75) is 117 Å². The van der Waals surface area contributed by atoms with Crippen molar-refractivity contribution in [3.05, 3.63) is 0 Å². The monoisotopic (exact) mass is 467 g/mol. The van der Waals surface area contributed by atoms with E-state index in [9.17, 15) is 22.6 Å². The molecule has 0 spiro atoms. The first-order chi connectivity index (χ1) is 14.0. The van der Waals surface area contributed by atoms with E-state index in [4.69, 9.17) is 9.47 Å². The minimum absolute atomic E-state index is 0. The van der Waals surface area contributed by atoms with Crippen LogP contribution in [-0.4, -0.2) is 42.4 Å². The van der Waals surface area contributed by atoms with Gasteiger partial charge < -0.3 is 15.6 Å². The average molecular weight is 468 g/mol. The first-order valence-electron chi connectivity index (χ1n) is 11.3. The minimum Gasteiger partial charge on any atom is -0.463 e. The zero-order chi connectivity index (χ0) is 23.3. The van der Waals surface area contributed by atoms with Crippen molar-refractivity contribution in [3.8, 4) is 0 Å². The van der Waals surface area contributed by atoms with Crippen molar-refractivity contribution in [1.29, 1.82) is 0 Å². The van der Waals surface area contributed by atoms with Gasteiger partial charge in [0.15, 0.2) is 5.25 Å². The van der Waals surface area contributed by atoms with Crippen molar-refractivity contribution in [1.82, 2.24) is 6.15 Å². The van der Waals surface area contributed by atoms with Crippen molar-refractivity contribution in [3.63, 3.8) is 0 Å². The number of hydrogen-bond donors (Lipinski definition) is 2. The van der Waals surface area contributed by atoms with Crippen LogP contribution in [0.4, 0.5) is 0 Å². The fourth-order valence-electron chi connectivity index (χ4n) is 3.46.